The van der Waals surface area contributed by atoms with Crippen molar-refractivity contribution in [3.63, 3.8) is 0 Å². The van der Waals surface area contributed by atoms with Crippen LogP contribution in [0.15, 0.2) is 30.5 Å². The fourth-order valence-corrected chi connectivity index (χ4v) is 2.09. The Kier molecular flexibility index (Phi) is 2.26. The molecule has 2 aromatic rings. The molecule has 92 valence electrons. The summed E-state index contributed by atoms with van der Waals surface area (Å²) < 4.78 is 12.5. The first-order valence-electron chi connectivity index (χ1n) is 5.54. The number of carbonyl (C=O) groups excluding carboxylic acids is 1. The number of nitrogens with two attached hydrogens (primary N) is 1. The largest absolute Gasteiger partial charge is 0.454 e. The zero-order chi connectivity index (χ0) is 12.7. The van der Waals surface area contributed by atoms with Gasteiger partial charge in [-0.2, -0.15) is 0 Å². The van der Waals surface area contributed by atoms with Crippen molar-refractivity contribution in [2.75, 3.05) is 6.79 Å². The number of benzene rings is 1. The quantitative estimate of drug-likeness (QED) is 0.872. The first kappa shape index (κ1) is 10.7. The van der Waals surface area contributed by atoms with Gasteiger partial charge in [-0.15, -0.1) is 0 Å². The van der Waals surface area contributed by atoms with Crippen LogP contribution in [0.5, 0.6) is 11.5 Å². The Bertz CT molecular complexity index is 631. The zero-order valence-electron chi connectivity index (χ0n) is 9.84. The molecule has 0 radical (unpaired) electrons. The smallest absolute Gasteiger partial charge is 0.250 e. The Labute approximate surface area is 104 Å². The van der Waals surface area contributed by atoms with Crippen LogP contribution in [0.25, 0.3) is 5.69 Å². The predicted molar refractivity (Wildman–Crippen MR) is 65.1 cm³/mol. The van der Waals surface area contributed by atoms with Crippen LogP contribution < -0.4 is 15.2 Å². The molecule has 2 heterocycles. The minimum absolute atomic E-state index is 0.246. The minimum atomic E-state index is -0.424. The SMILES string of the molecule is Cc1c(C(N)=O)ccn1-c1ccc2c(c1)OCO2. The summed E-state index contributed by atoms with van der Waals surface area (Å²) in [5, 5.41) is 0. The standard InChI is InChI=1S/C13H12N2O3/c1-8-10(13(14)16)4-5-15(8)9-2-3-11-12(6-9)18-7-17-11/h2-6H,7H2,1H3,(H2,14,16). The van der Waals surface area contributed by atoms with Crippen molar-refractivity contribution in [2.24, 2.45) is 5.73 Å². The Morgan fingerprint density at radius 2 is 2.06 bits per heavy atom. The van der Waals surface area contributed by atoms with Gasteiger partial charge in [0.1, 0.15) is 0 Å². The molecule has 18 heavy (non-hydrogen) atoms. The molecule has 1 aromatic carbocycles. The van der Waals surface area contributed by atoms with Crippen LogP contribution in [0.2, 0.25) is 0 Å². The molecule has 5 heteroatoms. The fraction of sp³-hybridized carbons (Fsp3) is 0.154. The van der Waals surface area contributed by atoms with E-state index in [1.54, 1.807) is 6.07 Å². The summed E-state index contributed by atoms with van der Waals surface area (Å²) in [6.45, 7) is 2.10. The lowest BCUT2D eigenvalue weighted by atomic mass is 10.2. The molecule has 0 saturated heterocycles. The molecule has 0 atom stereocenters. The topological polar surface area (TPSA) is 66.5 Å². The number of rotatable bonds is 2. The lowest BCUT2D eigenvalue weighted by Gasteiger charge is -2.07. The van der Waals surface area contributed by atoms with E-state index in [0.29, 0.717) is 11.3 Å². The van der Waals surface area contributed by atoms with Crippen molar-refractivity contribution in [1.29, 1.82) is 0 Å². The van der Waals surface area contributed by atoms with E-state index in [9.17, 15) is 4.79 Å². The molecule has 0 aliphatic carbocycles. The van der Waals surface area contributed by atoms with E-state index in [1.165, 1.54) is 0 Å². The average molecular weight is 244 g/mol. The normalized spacial score (nSPS) is 12.7. The first-order valence-corrected chi connectivity index (χ1v) is 5.54. The van der Waals surface area contributed by atoms with Crippen LogP contribution in [0.1, 0.15) is 16.1 Å². The number of nitrogens with zero attached hydrogens (tertiary/aromatic N) is 1. The number of amides is 1. The van der Waals surface area contributed by atoms with Crippen molar-refractivity contribution < 1.29 is 14.3 Å². The molecule has 5 nitrogen and oxygen atoms in total. The monoisotopic (exact) mass is 244 g/mol. The van der Waals surface area contributed by atoms with Gasteiger partial charge in [0, 0.05) is 23.6 Å². The summed E-state index contributed by atoms with van der Waals surface area (Å²) in [7, 11) is 0. The van der Waals surface area contributed by atoms with E-state index in [1.807, 2.05) is 35.9 Å². The highest BCUT2D eigenvalue weighted by Gasteiger charge is 2.16. The first-order chi connectivity index (χ1) is 8.66. The number of hydrogen-bond donors (Lipinski definition) is 1. The van der Waals surface area contributed by atoms with Gasteiger partial charge in [-0.3, -0.25) is 4.79 Å². The van der Waals surface area contributed by atoms with Crippen LogP contribution in [0, 0.1) is 6.92 Å². The Morgan fingerprint density at radius 1 is 1.28 bits per heavy atom. The number of carbonyl (C=O) groups is 1. The fourth-order valence-electron chi connectivity index (χ4n) is 2.09. The Balaban J connectivity index is 2.07. The maximum Gasteiger partial charge on any atom is 0.250 e. The lowest BCUT2D eigenvalue weighted by Crippen LogP contribution is -2.12. The highest BCUT2D eigenvalue weighted by atomic mass is 16.7. The van der Waals surface area contributed by atoms with Crippen molar-refractivity contribution in [2.45, 2.75) is 6.92 Å². The van der Waals surface area contributed by atoms with Gasteiger partial charge in [0.15, 0.2) is 11.5 Å². The highest BCUT2D eigenvalue weighted by molar-refractivity contribution is 5.94. The third-order valence-electron chi connectivity index (χ3n) is 3.04. The summed E-state index contributed by atoms with van der Waals surface area (Å²) in [4.78, 5) is 11.2. The van der Waals surface area contributed by atoms with Crippen molar-refractivity contribution >= 4 is 5.91 Å². The molecule has 2 N–H and O–H groups in total. The van der Waals surface area contributed by atoms with Gasteiger partial charge >= 0.3 is 0 Å². The molecule has 0 spiro atoms. The van der Waals surface area contributed by atoms with Gasteiger partial charge < -0.3 is 19.8 Å². The van der Waals surface area contributed by atoms with Crippen LogP contribution in [-0.2, 0) is 0 Å². The zero-order valence-corrected chi connectivity index (χ0v) is 9.84. The highest BCUT2D eigenvalue weighted by Crippen LogP contribution is 2.34. The van der Waals surface area contributed by atoms with Gasteiger partial charge in [-0.1, -0.05) is 0 Å². The van der Waals surface area contributed by atoms with E-state index in [0.717, 1.165) is 17.1 Å². The Morgan fingerprint density at radius 3 is 2.78 bits per heavy atom. The lowest BCUT2D eigenvalue weighted by molar-refractivity contribution is 0.0999. The summed E-state index contributed by atoms with van der Waals surface area (Å²) in [6, 6.07) is 7.34. The molecule has 3 rings (SSSR count). The van der Waals surface area contributed by atoms with Crippen molar-refractivity contribution in [1.82, 2.24) is 4.57 Å². The van der Waals surface area contributed by atoms with Gasteiger partial charge in [0.2, 0.25) is 6.79 Å². The molecule has 0 bridgehead atoms. The second-order valence-corrected chi connectivity index (χ2v) is 4.09. The molecule has 1 aliphatic heterocycles. The van der Waals surface area contributed by atoms with Gasteiger partial charge in [-0.25, -0.2) is 0 Å². The van der Waals surface area contributed by atoms with Crippen molar-refractivity contribution in [3.8, 4) is 17.2 Å². The van der Waals surface area contributed by atoms with Crippen LogP contribution >= 0.6 is 0 Å². The number of hydrogen-bond acceptors (Lipinski definition) is 3. The molecule has 1 amide bonds. The summed E-state index contributed by atoms with van der Waals surface area (Å²) >= 11 is 0. The molecule has 1 aliphatic rings. The number of aromatic nitrogens is 1. The van der Waals surface area contributed by atoms with E-state index < -0.39 is 5.91 Å². The van der Waals surface area contributed by atoms with Gasteiger partial charge in [0.05, 0.1) is 5.56 Å². The number of fused-ring (bicyclic) bond motifs is 1. The van der Waals surface area contributed by atoms with Crippen LogP contribution in [0.3, 0.4) is 0 Å². The molecule has 0 unspecified atom stereocenters. The average Bonchev–Trinajstić information content (AvgIpc) is 2.93. The van der Waals surface area contributed by atoms with Gasteiger partial charge in [0.25, 0.3) is 5.91 Å². The van der Waals surface area contributed by atoms with E-state index in [-0.39, 0.29) is 6.79 Å². The predicted octanol–water partition coefficient (Wildman–Crippen LogP) is 1.61. The maximum atomic E-state index is 11.2. The van der Waals surface area contributed by atoms with Crippen molar-refractivity contribution in [3.05, 3.63) is 41.7 Å². The Hall–Kier alpha value is -2.43. The molecule has 1 aromatic heterocycles. The van der Waals surface area contributed by atoms with E-state index >= 15 is 0 Å². The minimum Gasteiger partial charge on any atom is -0.454 e. The summed E-state index contributed by atoms with van der Waals surface area (Å²) in [6.07, 6.45) is 1.81. The second-order valence-electron chi connectivity index (χ2n) is 4.09. The third-order valence-corrected chi connectivity index (χ3v) is 3.04. The number of primary amides is 1. The number of ether oxygens (including phenoxy) is 2. The molecule has 0 fully saturated rings. The van der Waals surface area contributed by atoms with Crippen LogP contribution in [0.4, 0.5) is 0 Å². The van der Waals surface area contributed by atoms with Gasteiger partial charge in [-0.05, 0) is 25.1 Å². The molecular weight excluding hydrogens is 232 g/mol. The third kappa shape index (κ3) is 1.52. The van der Waals surface area contributed by atoms with E-state index in [4.69, 9.17) is 15.2 Å². The second kappa shape index (κ2) is 3.80. The molecule has 0 saturated carbocycles. The van der Waals surface area contributed by atoms with E-state index in [2.05, 4.69) is 0 Å². The van der Waals surface area contributed by atoms with Crippen LogP contribution in [-0.4, -0.2) is 17.3 Å². The maximum absolute atomic E-state index is 11.2. The summed E-state index contributed by atoms with van der Waals surface area (Å²) in [5.74, 6) is 1.02. The molecular formula is C13H12N2O3. The summed E-state index contributed by atoms with van der Waals surface area (Å²) in [5.41, 5.74) is 7.53.